The fraction of sp³-hybridized carbons (Fsp3) is 0.967. The highest BCUT2D eigenvalue weighted by atomic mass is 14.1. The average molecular weight is 422 g/mol. The van der Waals surface area contributed by atoms with Gasteiger partial charge in [-0.25, -0.2) is 0 Å². The summed E-state index contributed by atoms with van der Waals surface area (Å²) in [7, 11) is 0. The van der Waals surface area contributed by atoms with Crippen LogP contribution >= 0.6 is 0 Å². The van der Waals surface area contributed by atoms with E-state index in [1.807, 2.05) is 0 Å². The Morgan fingerprint density at radius 2 is 0.633 bits per heavy atom. The zero-order valence-corrected chi connectivity index (χ0v) is 21.7. The summed E-state index contributed by atoms with van der Waals surface area (Å²) < 4.78 is 0. The lowest BCUT2D eigenvalue weighted by molar-refractivity contribution is 0.368. The van der Waals surface area contributed by atoms with E-state index in [4.69, 9.17) is 0 Å². The summed E-state index contributed by atoms with van der Waals surface area (Å²) in [6.45, 7) is 8.65. The van der Waals surface area contributed by atoms with Crippen molar-refractivity contribution in [3.8, 4) is 0 Å². The first-order chi connectivity index (χ1) is 14.8. The van der Waals surface area contributed by atoms with Gasteiger partial charge in [-0.15, -0.1) is 0 Å². The SMILES string of the molecule is [CH2]CCCCC(CCCCCCCCCCCC)CCCCCCCCCCCC. The maximum absolute atomic E-state index is 4.04. The third kappa shape index (κ3) is 24.3. The zero-order valence-electron chi connectivity index (χ0n) is 21.7. The highest BCUT2D eigenvalue weighted by molar-refractivity contribution is 4.62. The van der Waals surface area contributed by atoms with Crippen LogP contribution in [0.25, 0.3) is 0 Å². The summed E-state index contributed by atoms with van der Waals surface area (Å²) in [5.41, 5.74) is 0. The van der Waals surface area contributed by atoms with Gasteiger partial charge in [-0.1, -0.05) is 188 Å². The molecule has 0 aromatic carbocycles. The van der Waals surface area contributed by atoms with Gasteiger partial charge in [0.2, 0.25) is 0 Å². The van der Waals surface area contributed by atoms with Gasteiger partial charge in [0.1, 0.15) is 0 Å². The molecule has 0 unspecified atom stereocenters. The van der Waals surface area contributed by atoms with Crippen LogP contribution in [-0.2, 0) is 0 Å². The van der Waals surface area contributed by atoms with Crippen molar-refractivity contribution in [3.05, 3.63) is 6.92 Å². The van der Waals surface area contributed by atoms with Gasteiger partial charge in [0.15, 0.2) is 0 Å². The molecule has 0 aliphatic rings. The van der Waals surface area contributed by atoms with Gasteiger partial charge in [-0.3, -0.25) is 0 Å². The van der Waals surface area contributed by atoms with Crippen LogP contribution in [0.15, 0.2) is 0 Å². The van der Waals surface area contributed by atoms with Gasteiger partial charge in [0.25, 0.3) is 0 Å². The van der Waals surface area contributed by atoms with E-state index in [2.05, 4.69) is 20.8 Å². The minimum Gasteiger partial charge on any atom is -0.0654 e. The predicted octanol–water partition coefficient (Wildman–Crippen LogP) is 11.6. The smallest absolute Gasteiger partial charge is 0.0414 e. The monoisotopic (exact) mass is 421 g/mol. The molecule has 0 saturated carbocycles. The molecule has 181 valence electrons. The fourth-order valence-electron chi connectivity index (χ4n) is 4.88. The lowest BCUT2D eigenvalue weighted by Gasteiger charge is -2.17. The van der Waals surface area contributed by atoms with Crippen molar-refractivity contribution in [1.29, 1.82) is 0 Å². The summed E-state index contributed by atoms with van der Waals surface area (Å²) in [5, 5.41) is 0. The van der Waals surface area contributed by atoms with E-state index >= 15 is 0 Å². The van der Waals surface area contributed by atoms with Crippen molar-refractivity contribution in [2.75, 3.05) is 0 Å². The largest absolute Gasteiger partial charge is 0.0654 e. The first-order valence-corrected chi connectivity index (χ1v) is 14.6. The number of unbranched alkanes of at least 4 members (excludes halogenated alkanes) is 20. The summed E-state index contributed by atoms with van der Waals surface area (Å²) >= 11 is 0. The zero-order chi connectivity index (χ0) is 22.0. The van der Waals surface area contributed by atoms with Gasteiger partial charge < -0.3 is 0 Å². The summed E-state index contributed by atoms with van der Waals surface area (Å²) in [6, 6.07) is 0. The Morgan fingerprint density at radius 3 is 0.933 bits per heavy atom. The molecular formula is C30H61. The van der Waals surface area contributed by atoms with Gasteiger partial charge in [-0.05, 0) is 5.92 Å². The topological polar surface area (TPSA) is 0 Å². The van der Waals surface area contributed by atoms with Crippen molar-refractivity contribution in [2.24, 2.45) is 5.92 Å². The molecular weight excluding hydrogens is 360 g/mol. The number of hydrogen-bond acceptors (Lipinski definition) is 0. The second-order valence-electron chi connectivity index (χ2n) is 10.2. The van der Waals surface area contributed by atoms with Crippen molar-refractivity contribution in [1.82, 2.24) is 0 Å². The maximum atomic E-state index is 4.04. The van der Waals surface area contributed by atoms with E-state index in [-0.39, 0.29) is 0 Å². The molecule has 0 spiro atoms. The van der Waals surface area contributed by atoms with E-state index in [1.165, 1.54) is 161 Å². The Balaban J connectivity index is 3.61. The van der Waals surface area contributed by atoms with Crippen LogP contribution in [0.3, 0.4) is 0 Å². The second kappa shape index (κ2) is 27.0. The molecule has 0 saturated heterocycles. The first kappa shape index (κ1) is 30.0. The third-order valence-corrected chi connectivity index (χ3v) is 7.04. The Kier molecular flexibility index (Phi) is 27.0. The van der Waals surface area contributed by atoms with Crippen LogP contribution in [0.1, 0.15) is 181 Å². The fourth-order valence-corrected chi connectivity index (χ4v) is 4.88. The third-order valence-electron chi connectivity index (χ3n) is 7.04. The first-order valence-electron chi connectivity index (χ1n) is 14.6. The van der Waals surface area contributed by atoms with Crippen LogP contribution in [0, 0.1) is 12.8 Å². The average Bonchev–Trinajstić information content (AvgIpc) is 2.76. The minimum atomic E-state index is 1.01. The van der Waals surface area contributed by atoms with Gasteiger partial charge in [0, 0.05) is 0 Å². The molecule has 0 aliphatic heterocycles. The quantitative estimate of drug-likeness (QED) is 0.122. The van der Waals surface area contributed by atoms with Gasteiger partial charge >= 0.3 is 0 Å². The standard InChI is InChI=1S/C30H61/c1-4-7-10-12-14-16-18-20-22-25-28-30(27-24-9-6-3)29-26-23-21-19-17-15-13-11-8-5-2/h30H,3-29H2,1-2H3. The van der Waals surface area contributed by atoms with Crippen LogP contribution in [0.2, 0.25) is 0 Å². The summed E-state index contributed by atoms with van der Waals surface area (Å²) in [4.78, 5) is 0. The molecule has 0 nitrogen and oxygen atoms in total. The Labute approximate surface area is 193 Å². The second-order valence-corrected chi connectivity index (χ2v) is 10.2. The van der Waals surface area contributed by atoms with E-state index < -0.39 is 0 Å². The van der Waals surface area contributed by atoms with E-state index in [1.54, 1.807) is 0 Å². The molecule has 1 radical (unpaired) electrons. The summed E-state index contributed by atoms with van der Waals surface area (Å²) in [6.07, 6.45) is 37.7. The summed E-state index contributed by atoms with van der Waals surface area (Å²) in [5.74, 6) is 1.01. The molecule has 30 heavy (non-hydrogen) atoms. The Bertz CT molecular complexity index is 258. The molecule has 0 amide bonds. The Morgan fingerprint density at radius 1 is 0.367 bits per heavy atom. The molecule has 0 heteroatoms. The van der Waals surface area contributed by atoms with Crippen LogP contribution in [0.5, 0.6) is 0 Å². The lowest BCUT2D eigenvalue weighted by atomic mass is 9.89. The highest BCUT2D eigenvalue weighted by Crippen LogP contribution is 2.24. The predicted molar refractivity (Wildman–Crippen MR) is 140 cm³/mol. The molecule has 0 fully saturated rings. The van der Waals surface area contributed by atoms with Crippen molar-refractivity contribution in [3.63, 3.8) is 0 Å². The van der Waals surface area contributed by atoms with Gasteiger partial charge in [0.05, 0.1) is 0 Å². The van der Waals surface area contributed by atoms with Crippen molar-refractivity contribution in [2.45, 2.75) is 181 Å². The molecule has 0 aromatic heterocycles. The molecule has 0 aliphatic carbocycles. The van der Waals surface area contributed by atoms with Crippen LogP contribution in [0.4, 0.5) is 0 Å². The normalized spacial score (nSPS) is 11.6. The van der Waals surface area contributed by atoms with Gasteiger partial charge in [-0.2, -0.15) is 0 Å². The molecule has 0 heterocycles. The van der Waals surface area contributed by atoms with E-state index in [0.717, 1.165) is 12.3 Å². The molecule has 0 rings (SSSR count). The lowest BCUT2D eigenvalue weighted by Crippen LogP contribution is -2.01. The van der Waals surface area contributed by atoms with Crippen molar-refractivity contribution >= 4 is 0 Å². The Hall–Kier alpha value is 0. The molecule has 0 atom stereocenters. The number of hydrogen-bond donors (Lipinski definition) is 0. The van der Waals surface area contributed by atoms with E-state index in [0.29, 0.717) is 0 Å². The number of rotatable bonds is 26. The maximum Gasteiger partial charge on any atom is -0.0414 e. The van der Waals surface area contributed by atoms with Crippen LogP contribution < -0.4 is 0 Å². The van der Waals surface area contributed by atoms with Crippen molar-refractivity contribution < 1.29 is 0 Å². The van der Waals surface area contributed by atoms with E-state index in [9.17, 15) is 0 Å². The highest BCUT2D eigenvalue weighted by Gasteiger charge is 2.08. The molecule has 0 bridgehead atoms. The van der Waals surface area contributed by atoms with Crippen LogP contribution in [-0.4, -0.2) is 0 Å². The minimum absolute atomic E-state index is 1.01. The molecule has 0 aromatic rings. The molecule has 0 N–H and O–H groups in total.